The molecule has 5 nitrogen and oxygen atoms in total. The second kappa shape index (κ2) is 10.1. The number of nitrogens with zero attached hydrogens (tertiary/aromatic N) is 1. The number of nitrogens with one attached hydrogen (secondary N) is 2. The van der Waals surface area contributed by atoms with Crippen molar-refractivity contribution in [3.63, 3.8) is 0 Å². The Bertz CT molecular complexity index is 647. The number of rotatable bonds is 8. The molecule has 0 bridgehead atoms. The Hall–Kier alpha value is -1.86. The summed E-state index contributed by atoms with van der Waals surface area (Å²) in [6.07, 6.45) is 2.47. The van der Waals surface area contributed by atoms with Crippen LogP contribution in [0.1, 0.15) is 17.7 Å². The first kappa shape index (κ1) is 18.5. The van der Waals surface area contributed by atoms with Gasteiger partial charge >= 0.3 is 0 Å². The molecule has 0 spiro atoms. The molecule has 0 aliphatic rings. The standard InChI is InChI=1S/C17H21BrFN3O2/c1-20-17(22-11-13-10-14(19)5-6-16(13)18)21-7-3-8-23-12-15-4-2-9-24-15/h2,4-6,9-10H,3,7-8,11-12H2,1H3,(H2,20,21,22). The molecule has 0 radical (unpaired) electrons. The minimum Gasteiger partial charge on any atom is -0.467 e. The monoisotopic (exact) mass is 397 g/mol. The fourth-order valence-electron chi connectivity index (χ4n) is 2.03. The maximum Gasteiger partial charge on any atom is 0.191 e. The topological polar surface area (TPSA) is 58.8 Å². The summed E-state index contributed by atoms with van der Waals surface area (Å²) in [7, 11) is 1.70. The van der Waals surface area contributed by atoms with Gasteiger partial charge < -0.3 is 19.8 Å². The molecule has 0 atom stereocenters. The Morgan fingerprint density at radius 3 is 2.96 bits per heavy atom. The lowest BCUT2D eigenvalue weighted by Gasteiger charge is -2.13. The molecule has 0 unspecified atom stereocenters. The van der Waals surface area contributed by atoms with Gasteiger partial charge in [0.05, 0.1) is 6.26 Å². The Morgan fingerprint density at radius 2 is 2.21 bits per heavy atom. The first-order chi connectivity index (χ1) is 11.7. The summed E-state index contributed by atoms with van der Waals surface area (Å²) in [4.78, 5) is 4.14. The van der Waals surface area contributed by atoms with Gasteiger partial charge in [-0.05, 0) is 42.3 Å². The van der Waals surface area contributed by atoms with E-state index in [1.807, 2.05) is 12.1 Å². The van der Waals surface area contributed by atoms with Crippen LogP contribution in [-0.4, -0.2) is 26.2 Å². The number of aliphatic imine (C=N–C) groups is 1. The van der Waals surface area contributed by atoms with Crippen LogP contribution in [0.5, 0.6) is 0 Å². The largest absolute Gasteiger partial charge is 0.467 e. The van der Waals surface area contributed by atoms with Crippen molar-refractivity contribution in [1.82, 2.24) is 10.6 Å². The quantitative estimate of drug-likeness (QED) is 0.406. The molecule has 2 rings (SSSR count). The third kappa shape index (κ3) is 6.33. The molecule has 0 aliphatic carbocycles. The van der Waals surface area contributed by atoms with Crippen LogP contribution in [0.3, 0.4) is 0 Å². The number of hydrogen-bond acceptors (Lipinski definition) is 3. The van der Waals surface area contributed by atoms with E-state index in [4.69, 9.17) is 9.15 Å². The van der Waals surface area contributed by atoms with E-state index in [2.05, 4.69) is 31.6 Å². The predicted molar refractivity (Wildman–Crippen MR) is 95.3 cm³/mol. The van der Waals surface area contributed by atoms with Crippen LogP contribution in [0.15, 0.2) is 50.5 Å². The lowest BCUT2D eigenvalue weighted by Crippen LogP contribution is -2.37. The van der Waals surface area contributed by atoms with Crippen LogP contribution < -0.4 is 10.6 Å². The normalized spacial score (nSPS) is 11.5. The lowest BCUT2D eigenvalue weighted by atomic mass is 10.2. The minimum atomic E-state index is -0.258. The van der Waals surface area contributed by atoms with Crippen LogP contribution in [0.2, 0.25) is 0 Å². The SMILES string of the molecule is CN=C(NCCCOCc1ccco1)NCc1cc(F)ccc1Br. The van der Waals surface area contributed by atoms with Gasteiger partial charge in [-0.25, -0.2) is 4.39 Å². The molecule has 2 aromatic rings. The molecule has 0 amide bonds. The van der Waals surface area contributed by atoms with Gasteiger partial charge in [0, 0.05) is 31.2 Å². The number of benzene rings is 1. The van der Waals surface area contributed by atoms with E-state index in [1.54, 1.807) is 19.4 Å². The van der Waals surface area contributed by atoms with Crippen LogP contribution >= 0.6 is 15.9 Å². The Labute approximate surface area is 149 Å². The molecule has 0 saturated carbocycles. The Morgan fingerprint density at radius 1 is 1.33 bits per heavy atom. The summed E-state index contributed by atoms with van der Waals surface area (Å²) in [6.45, 7) is 2.31. The summed E-state index contributed by atoms with van der Waals surface area (Å²) < 4.78 is 24.8. The van der Waals surface area contributed by atoms with Crippen molar-refractivity contribution >= 4 is 21.9 Å². The van der Waals surface area contributed by atoms with Crippen LogP contribution in [0.4, 0.5) is 4.39 Å². The van der Waals surface area contributed by atoms with Crippen molar-refractivity contribution in [3.8, 4) is 0 Å². The van der Waals surface area contributed by atoms with Gasteiger partial charge in [-0.2, -0.15) is 0 Å². The average Bonchev–Trinajstić information content (AvgIpc) is 3.09. The van der Waals surface area contributed by atoms with E-state index in [0.717, 1.165) is 28.8 Å². The third-order valence-corrected chi connectivity index (χ3v) is 4.03. The molecular formula is C17H21BrFN3O2. The van der Waals surface area contributed by atoms with Gasteiger partial charge in [-0.3, -0.25) is 4.99 Å². The van der Waals surface area contributed by atoms with Gasteiger partial charge in [0.15, 0.2) is 5.96 Å². The molecule has 130 valence electrons. The zero-order chi connectivity index (χ0) is 17.2. The number of furan rings is 1. The molecule has 0 fully saturated rings. The van der Waals surface area contributed by atoms with Crippen molar-refractivity contribution < 1.29 is 13.5 Å². The van der Waals surface area contributed by atoms with Crippen molar-refractivity contribution in [2.45, 2.75) is 19.6 Å². The van der Waals surface area contributed by atoms with Crippen molar-refractivity contribution in [2.24, 2.45) is 4.99 Å². The number of halogens is 2. The second-order valence-electron chi connectivity index (χ2n) is 5.07. The van der Waals surface area contributed by atoms with E-state index >= 15 is 0 Å². The highest BCUT2D eigenvalue weighted by molar-refractivity contribution is 9.10. The second-order valence-corrected chi connectivity index (χ2v) is 5.93. The van der Waals surface area contributed by atoms with Crippen LogP contribution in [0.25, 0.3) is 0 Å². The average molecular weight is 398 g/mol. The lowest BCUT2D eigenvalue weighted by molar-refractivity contribution is 0.105. The number of ether oxygens (including phenoxy) is 1. The van der Waals surface area contributed by atoms with Crippen LogP contribution in [0, 0.1) is 5.82 Å². The maximum atomic E-state index is 13.3. The first-order valence-electron chi connectivity index (χ1n) is 7.67. The van der Waals surface area contributed by atoms with Crippen LogP contribution in [-0.2, 0) is 17.9 Å². The number of guanidine groups is 1. The predicted octanol–water partition coefficient (Wildman–Crippen LogP) is 3.45. The van der Waals surface area contributed by atoms with Gasteiger partial charge in [0.25, 0.3) is 0 Å². The van der Waals surface area contributed by atoms with E-state index in [1.165, 1.54) is 12.1 Å². The zero-order valence-corrected chi connectivity index (χ0v) is 15.1. The Kier molecular flexibility index (Phi) is 7.77. The first-order valence-corrected chi connectivity index (χ1v) is 8.47. The molecule has 7 heteroatoms. The van der Waals surface area contributed by atoms with Gasteiger partial charge in [0.1, 0.15) is 18.2 Å². The van der Waals surface area contributed by atoms with Gasteiger partial charge in [0.2, 0.25) is 0 Å². The summed E-state index contributed by atoms with van der Waals surface area (Å²) >= 11 is 3.41. The molecule has 1 heterocycles. The van der Waals surface area contributed by atoms with E-state index < -0.39 is 0 Å². The molecule has 2 N–H and O–H groups in total. The highest BCUT2D eigenvalue weighted by Crippen LogP contribution is 2.17. The van der Waals surface area contributed by atoms with E-state index in [9.17, 15) is 4.39 Å². The van der Waals surface area contributed by atoms with E-state index in [-0.39, 0.29) is 5.82 Å². The summed E-state index contributed by atoms with van der Waals surface area (Å²) in [5, 5.41) is 6.35. The number of hydrogen-bond donors (Lipinski definition) is 2. The highest BCUT2D eigenvalue weighted by atomic mass is 79.9. The maximum absolute atomic E-state index is 13.3. The van der Waals surface area contributed by atoms with Gasteiger partial charge in [-0.1, -0.05) is 15.9 Å². The fraction of sp³-hybridized carbons (Fsp3) is 0.353. The summed E-state index contributed by atoms with van der Waals surface area (Å²) in [5.74, 6) is 1.23. The fourth-order valence-corrected chi connectivity index (χ4v) is 2.41. The third-order valence-electron chi connectivity index (χ3n) is 3.26. The molecular weight excluding hydrogens is 377 g/mol. The molecule has 0 saturated heterocycles. The van der Waals surface area contributed by atoms with Crippen molar-refractivity contribution in [3.05, 3.63) is 58.2 Å². The molecule has 0 aliphatic heterocycles. The molecule has 1 aromatic carbocycles. The minimum absolute atomic E-state index is 0.258. The zero-order valence-electron chi connectivity index (χ0n) is 13.5. The Balaban J connectivity index is 1.62. The van der Waals surface area contributed by atoms with Gasteiger partial charge in [-0.15, -0.1) is 0 Å². The smallest absolute Gasteiger partial charge is 0.191 e. The summed E-state index contributed by atoms with van der Waals surface area (Å²) in [5.41, 5.74) is 0.833. The summed E-state index contributed by atoms with van der Waals surface area (Å²) in [6, 6.07) is 8.33. The van der Waals surface area contributed by atoms with Crippen molar-refractivity contribution in [1.29, 1.82) is 0 Å². The van der Waals surface area contributed by atoms with Crippen molar-refractivity contribution in [2.75, 3.05) is 20.2 Å². The highest BCUT2D eigenvalue weighted by Gasteiger charge is 2.03. The molecule has 24 heavy (non-hydrogen) atoms. The molecule has 1 aromatic heterocycles. The van der Waals surface area contributed by atoms with E-state index in [0.29, 0.717) is 25.7 Å².